The van der Waals surface area contributed by atoms with Crippen LogP contribution in [-0.4, -0.2) is 59.3 Å². The Kier molecular flexibility index (Phi) is 5.99. The highest BCUT2D eigenvalue weighted by atomic mass is 32.2. The van der Waals surface area contributed by atoms with E-state index in [2.05, 4.69) is 0 Å². The van der Waals surface area contributed by atoms with Crippen molar-refractivity contribution in [2.75, 3.05) is 26.9 Å². The SMILES string of the molecule is CN(C)C(=O)C(C)(C)SCC1CCC1N(C)C(=O)C(C)(C)C. The van der Waals surface area contributed by atoms with Crippen molar-refractivity contribution in [1.29, 1.82) is 0 Å². The summed E-state index contributed by atoms with van der Waals surface area (Å²) in [4.78, 5) is 28.2. The van der Waals surface area contributed by atoms with Crippen molar-refractivity contribution in [3.05, 3.63) is 0 Å². The molecule has 1 aliphatic carbocycles. The van der Waals surface area contributed by atoms with E-state index >= 15 is 0 Å². The number of carbonyl (C=O) groups excluding carboxylic acids is 2. The average molecular weight is 329 g/mol. The van der Waals surface area contributed by atoms with Gasteiger partial charge in [0.2, 0.25) is 11.8 Å². The minimum Gasteiger partial charge on any atom is -0.348 e. The summed E-state index contributed by atoms with van der Waals surface area (Å²) >= 11 is 1.71. The first-order valence-corrected chi connectivity index (χ1v) is 8.99. The van der Waals surface area contributed by atoms with E-state index in [0.717, 1.165) is 18.6 Å². The van der Waals surface area contributed by atoms with Gasteiger partial charge in [0.1, 0.15) is 0 Å². The van der Waals surface area contributed by atoms with E-state index in [1.807, 2.05) is 46.6 Å². The van der Waals surface area contributed by atoms with Gasteiger partial charge >= 0.3 is 0 Å². The minimum atomic E-state index is -0.407. The number of carbonyl (C=O) groups is 2. The molecule has 0 N–H and O–H groups in total. The Hall–Kier alpha value is -0.710. The number of nitrogens with zero attached hydrogens (tertiary/aromatic N) is 2. The quantitative estimate of drug-likeness (QED) is 0.779. The summed E-state index contributed by atoms with van der Waals surface area (Å²) in [6, 6.07) is 0.324. The normalized spacial score (nSPS) is 22.0. The molecule has 2 amide bonds. The third-order valence-electron chi connectivity index (χ3n) is 4.42. The lowest BCUT2D eigenvalue weighted by Crippen LogP contribution is -2.52. The second-order valence-electron chi connectivity index (χ2n) is 8.09. The van der Waals surface area contributed by atoms with Crippen molar-refractivity contribution in [2.24, 2.45) is 11.3 Å². The van der Waals surface area contributed by atoms with Crippen molar-refractivity contribution in [3.8, 4) is 0 Å². The van der Waals surface area contributed by atoms with Gasteiger partial charge in [-0.2, -0.15) is 0 Å². The van der Waals surface area contributed by atoms with E-state index in [-0.39, 0.29) is 17.2 Å². The molecule has 2 unspecified atom stereocenters. The van der Waals surface area contributed by atoms with Gasteiger partial charge in [0.25, 0.3) is 0 Å². The zero-order chi connectivity index (χ0) is 17.3. The van der Waals surface area contributed by atoms with Gasteiger partial charge in [-0.15, -0.1) is 11.8 Å². The molecule has 0 heterocycles. The number of hydrogen-bond acceptors (Lipinski definition) is 3. The van der Waals surface area contributed by atoms with Crippen molar-refractivity contribution in [1.82, 2.24) is 9.80 Å². The van der Waals surface area contributed by atoms with Crippen molar-refractivity contribution < 1.29 is 9.59 Å². The summed E-state index contributed by atoms with van der Waals surface area (Å²) in [5, 5.41) is 0. The molecule has 1 rings (SSSR count). The van der Waals surface area contributed by atoms with Crippen LogP contribution in [0.3, 0.4) is 0 Å². The van der Waals surface area contributed by atoms with Crippen LogP contribution in [0.5, 0.6) is 0 Å². The third-order valence-corrected chi connectivity index (χ3v) is 5.91. The topological polar surface area (TPSA) is 40.6 Å². The van der Waals surface area contributed by atoms with Crippen LogP contribution in [0.25, 0.3) is 0 Å². The second-order valence-corrected chi connectivity index (χ2v) is 9.73. The molecule has 0 aromatic heterocycles. The Labute approximate surface area is 140 Å². The van der Waals surface area contributed by atoms with Gasteiger partial charge in [0, 0.05) is 32.6 Å². The molecule has 22 heavy (non-hydrogen) atoms. The maximum absolute atomic E-state index is 12.4. The van der Waals surface area contributed by atoms with Crippen molar-refractivity contribution in [3.63, 3.8) is 0 Å². The summed E-state index contributed by atoms with van der Waals surface area (Å²) < 4.78 is -0.407. The predicted molar refractivity (Wildman–Crippen MR) is 94.0 cm³/mol. The van der Waals surface area contributed by atoms with Gasteiger partial charge in [0.05, 0.1) is 4.75 Å². The predicted octanol–water partition coefficient (Wildman–Crippen LogP) is 2.87. The fraction of sp³-hybridized carbons (Fsp3) is 0.882. The highest BCUT2D eigenvalue weighted by Gasteiger charge is 2.40. The molecule has 0 aliphatic heterocycles. The lowest BCUT2D eigenvalue weighted by atomic mass is 9.79. The molecule has 0 saturated heterocycles. The van der Waals surface area contributed by atoms with Crippen LogP contribution >= 0.6 is 11.8 Å². The van der Waals surface area contributed by atoms with Crippen LogP contribution in [0.4, 0.5) is 0 Å². The maximum atomic E-state index is 12.4. The van der Waals surface area contributed by atoms with Gasteiger partial charge in [-0.1, -0.05) is 20.8 Å². The molecule has 0 radical (unpaired) electrons. The first kappa shape index (κ1) is 19.3. The zero-order valence-corrected chi connectivity index (χ0v) is 16.2. The van der Waals surface area contributed by atoms with Gasteiger partial charge < -0.3 is 9.80 Å². The number of thioether (sulfide) groups is 1. The highest BCUT2D eigenvalue weighted by Crippen LogP contribution is 2.39. The van der Waals surface area contributed by atoms with Crippen LogP contribution in [0.15, 0.2) is 0 Å². The standard InChI is InChI=1S/C17H32N2O2S/c1-16(2,3)14(20)19(8)13-10-9-12(13)11-22-17(4,5)15(21)18(6)7/h12-13H,9-11H2,1-8H3. The van der Waals surface area contributed by atoms with Crippen LogP contribution in [0.2, 0.25) is 0 Å². The molecule has 0 aromatic carbocycles. The molecule has 4 nitrogen and oxygen atoms in total. The Morgan fingerprint density at radius 2 is 1.55 bits per heavy atom. The average Bonchev–Trinajstić information content (AvgIpc) is 2.34. The van der Waals surface area contributed by atoms with Crippen LogP contribution < -0.4 is 0 Å². The second kappa shape index (κ2) is 6.81. The lowest BCUT2D eigenvalue weighted by molar-refractivity contribution is -0.143. The molecule has 5 heteroatoms. The fourth-order valence-corrected chi connectivity index (χ4v) is 4.18. The largest absolute Gasteiger partial charge is 0.348 e. The van der Waals surface area contributed by atoms with Gasteiger partial charge in [-0.3, -0.25) is 9.59 Å². The summed E-state index contributed by atoms with van der Waals surface area (Å²) in [5.74, 6) is 1.78. The molecule has 1 aliphatic rings. The van der Waals surface area contributed by atoms with Gasteiger partial charge in [-0.05, 0) is 38.4 Å². The van der Waals surface area contributed by atoms with Crippen molar-refractivity contribution >= 4 is 23.6 Å². The maximum Gasteiger partial charge on any atom is 0.237 e. The third kappa shape index (κ3) is 4.40. The molecular weight excluding hydrogens is 296 g/mol. The Morgan fingerprint density at radius 3 is 1.91 bits per heavy atom. The molecule has 0 bridgehead atoms. The summed E-state index contributed by atoms with van der Waals surface area (Å²) in [6.45, 7) is 9.86. The van der Waals surface area contributed by atoms with Crippen LogP contribution in [-0.2, 0) is 9.59 Å². The van der Waals surface area contributed by atoms with E-state index in [1.165, 1.54) is 0 Å². The molecule has 1 fully saturated rings. The van der Waals surface area contributed by atoms with Crippen LogP contribution in [0.1, 0.15) is 47.5 Å². The zero-order valence-electron chi connectivity index (χ0n) is 15.4. The van der Waals surface area contributed by atoms with Gasteiger partial charge in [0.15, 0.2) is 0 Å². The first-order chi connectivity index (χ1) is 9.88. The fourth-order valence-electron chi connectivity index (χ4n) is 2.85. The monoisotopic (exact) mass is 328 g/mol. The van der Waals surface area contributed by atoms with Gasteiger partial charge in [-0.25, -0.2) is 0 Å². The molecule has 2 atom stereocenters. The summed E-state index contributed by atoms with van der Waals surface area (Å²) in [7, 11) is 5.52. The Balaban J connectivity index is 2.58. The molecule has 1 saturated carbocycles. The van der Waals surface area contributed by atoms with E-state index in [1.54, 1.807) is 30.8 Å². The van der Waals surface area contributed by atoms with Crippen molar-refractivity contribution in [2.45, 2.75) is 58.2 Å². The van der Waals surface area contributed by atoms with E-state index in [9.17, 15) is 9.59 Å². The Morgan fingerprint density at radius 1 is 1.00 bits per heavy atom. The lowest BCUT2D eigenvalue weighted by Gasteiger charge is -2.45. The summed E-state index contributed by atoms with van der Waals surface area (Å²) in [5.41, 5.74) is -0.331. The van der Waals surface area contributed by atoms with Crippen LogP contribution in [0, 0.1) is 11.3 Å². The number of amides is 2. The molecule has 0 aromatic rings. The van der Waals surface area contributed by atoms with E-state index < -0.39 is 4.75 Å². The Bertz CT molecular complexity index is 427. The van der Waals surface area contributed by atoms with E-state index in [4.69, 9.17) is 0 Å². The summed E-state index contributed by atoms with van der Waals surface area (Å²) in [6.07, 6.45) is 2.22. The first-order valence-electron chi connectivity index (χ1n) is 8.01. The smallest absolute Gasteiger partial charge is 0.237 e. The highest BCUT2D eigenvalue weighted by molar-refractivity contribution is 8.01. The molecule has 0 spiro atoms. The minimum absolute atomic E-state index is 0.146. The number of rotatable bonds is 5. The number of hydrogen-bond donors (Lipinski definition) is 0. The van der Waals surface area contributed by atoms with E-state index in [0.29, 0.717) is 12.0 Å². The molecule has 128 valence electrons. The molecular formula is C17H32N2O2S.